The predicted octanol–water partition coefficient (Wildman–Crippen LogP) is 4.89. The lowest BCUT2D eigenvalue weighted by molar-refractivity contribution is 0.361. The van der Waals surface area contributed by atoms with Crippen LogP contribution in [0.5, 0.6) is 5.75 Å². The molecule has 0 bridgehead atoms. The van der Waals surface area contributed by atoms with Crippen LogP contribution in [0.4, 0.5) is 0 Å². The van der Waals surface area contributed by atoms with Crippen LogP contribution < -0.4 is 4.74 Å². The number of halogens is 2. The van der Waals surface area contributed by atoms with Crippen LogP contribution in [-0.2, 0) is 0 Å². The van der Waals surface area contributed by atoms with Crippen molar-refractivity contribution in [3.8, 4) is 5.75 Å². The molecule has 1 nitrogen and oxygen atoms in total. The maximum absolute atomic E-state index is 5.55. The highest BCUT2D eigenvalue weighted by Gasteiger charge is 1.98. The van der Waals surface area contributed by atoms with E-state index in [1.54, 1.807) is 0 Å². The number of hydrogen-bond donors (Lipinski definition) is 0. The van der Waals surface area contributed by atoms with Crippen molar-refractivity contribution in [2.24, 2.45) is 0 Å². The third-order valence-corrected chi connectivity index (χ3v) is 2.89. The minimum atomic E-state index is 0.488. The lowest BCUT2D eigenvalue weighted by atomic mass is 10.1. The SMILES string of the molecule is C=C(Br)COc1ccc2cc(Br)ccc2c1. The zero-order valence-electron chi connectivity index (χ0n) is 8.54. The van der Waals surface area contributed by atoms with Gasteiger partial charge in [0.2, 0.25) is 0 Å². The van der Waals surface area contributed by atoms with Crippen LogP contribution in [-0.4, -0.2) is 6.61 Å². The summed E-state index contributed by atoms with van der Waals surface area (Å²) in [6, 6.07) is 12.2. The van der Waals surface area contributed by atoms with E-state index in [0.717, 1.165) is 14.7 Å². The standard InChI is InChI=1S/C13H10Br2O/c1-9(14)8-16-13-5-3-10-6-12(15)4-2-11(10)7-13/h2-7H,1,8H2. The second-order valence-electron chi connectivity index (χ2n) is 3.46. The van der Waals surface area contributed by atoms with E-state index >= 15 is 0 Å². The van der Waals surface area contributed by atoms with Gasteiger partial charge in [-0.1, -0.05) is 50.6 Å². The molecule has 0 saturated carbocycles. The molecule has 0 radical (unpaired) electrons. The second-order valence-corrected chi connectivity index (χ2v) is 5.50. The van der Waals surface area contributed by atoms with E-state index in [0.29, 0.717) is 6.61 Å². The molecule has 0 spiro atoms. The van der Waals surface area contributed by atoms with E-state index in [1.165, 1.54) is 10.8 Å². The van der Waals surface area contributed by atoms with E-state index in [2.05, 4.69) is 50.6 Å². The summed E-state index contributed by atoms with van der Waals surface area (Å²) in [6.07, 6.45) is 0. The lowest BCUT2D eigenvalue weighted by Gasteiger charge is -2.06. The molecule has 0 atom stereocenters. The number of benzene rings is 2. The fraction of sp³-hybridized carbons (Fsp3) is 0.0769. The van der Waals surface area contributed by atoms with E-state index < -0.39 is 0 Å². The molecule has 0 fully saturated rings. The molecule has 2 rings (SSSR count). The number of rotatable bonds is 3. The van der Waals surface area contributed by atoms with E-state index in [1.807, 2.05) is 24.3 Å². The molecule has 0 unspecified atom stereocenters. The minimum Gasteiger partial charge on any atom is -0.488 e. The molecule has 0 aliphatic carbocycles. The van der Waals surface area contributed by atoms with Gasteiger partial charge in [-0.05, 0) is 35.0 Å². The van der Waals surface area contributed by atoms with Crippen molar-refractivity contribution < 1.29 is 4.74 Å². The number of ether oxygens (including phenoxy) is 1. The van der Waals surface area contributed by atoms with Gasteiger partial charge in [-0.2, -0.15) is 0 Å². The van der Waals surface area contributed by atoms with Gasteiger partial charge >= 0.3 is 0 Å². The third kappa shape index (κ3) is 2.86. The predicted molar refractivity (Wildman–Crippen MR) is 75.2 cm³/mol. The molecular formula is C13H10Br2O. The van der Waals surface area contributed by atoms with Gasteiger partial charge in [-0.3, -0.25) is 0 Å². The Bertz CT molecular complexity index is 534. The summed E-state index contributed by atoms with van der Waals surface area (Å²) >= 11 is 6.72. The summed E-state index contributed by atoms with van der Waals surface area (Å²) < 4.78 is 7.47. The van der Waals surface area contributed by atoms with Crippen LogP contribution in [0.25, 0.3) is 10.8 Å². The zero-order chi connectivity index (χ0) is 11.5. The summed E-state index contributed by atoms with van der Waals surface area (Å²) in [7, 11) is 0. The molecule has 0 heterocycles. The first-order valence-electron chi connectivity index (χ1n) is 4.80. The Balaban J connectivity index is 2.30. The third-order valence-electron chi connectivity index (χ3n) is 2.17. The largest absolute Gasteiger partial charge is 0.488 e. The summed E-state index contributed by atoms with van der Waals surface area (Å²) in [6.45, 7) is 4.22. The second kappa shape index (κ2) is 5.02. The normalized spacial score (nSPS) is 10.4. The molecular weight excluding hydrogens is 332 g/mol. The summed E-state index contributed by atoms with van der Waals surface area (Å²) in [5, 5.41) is 2.36. The molecule has 2 aromatic rings. The topological polar surface area (TPSA) is 9.23 Å². The zero-order valence-corrected chi connectivity index (χ0v) is 11.7. The molecule has 0 aromatic heterocycles. The first kappa shape index (κ1) is 11.7. The fourth-order valence-electron chi connectivity index (χ4n) is 1.45. The average molecular weight is 342 g/mol. The summed E-state index contributed by atoms with van der Waals surface area (Å²) in [4.78, 5) is 0. The Morgan fingerprint density at radius 1 is 1.12 bits per heavy atom. The molecule has 82 valence electrons. The van der Waals surface area contributed by atoms with Crippen LogP contribution in [0.1, 0.15) is 0 Å². The highest BCUT2D eigenvalue weighted by atomic mass is 79.9. The Labute approximate surface area is 111 Å². The van der Waals surface area contributed by atoms with Crippen molar-refractivity contribution in [3.63, 3.8) is 0 Å². The van der Waals surface area contributed by atoms with Crippen molar-refractivity contribution in [3.05, 3.63) is 51.9 Å². The maximum atomic E-state index is 5.55. The lowest BCUT2D eigenvalue weighted by Crippen LogP contribution is -1.95. The van der Waals surface area contributed by atoms with Crippen LogP contribution in [0.2, 0.25) is 0 Å². The van der Waals surface area contributed by atoms with Crippen LogP contribution >= 0.6 is 31.9 Å². The number of hydrogen-bond acceptors (Lipinski definition) is 1. The van der Waals surface area contributed by atoms with Gasteiger partial charge in [0.25, 0.3) is 0 Å². The van der Waals surface area contributed by atoms with Gasteiger partial charge in [0.1, 0.15) is 12.4 Å². The van der Waals surface area contributed by atoms with Crippen molar-refractivity contribution in [2.45, 2.75) is 0 Å². The Hall–Kier alpha value is -0.800. The fourth-order valence-corrected chi connectivity index (χ4v) is 1.94. The molecule has 3 heteroatoms. The molecule has 0 saturated heterocycles. The average Bonchev–Trinajstić information content (AvgIpc) is 2.26. The quantitative estimate of drug-likeness (QED) is 0.772. The van der Waals surface area contributed by atoms with Gasteiger partial charge in [0, 0.05) is 8.96 Å². The Morgan fingerprint density at radius 3 is 2.56 bits per heavy atom. The van der Waals surface area contributed by atoms with E-state index in [4.69, 9.17) is 4.74 Å². The monoisotopic (exact) mass is 340 g/mol. The van der Waals surface area contributed by atoms with Crippen molar-refractivity contribution in [2.75, 3.05) is 6.61 Å². The Kier molecular flexibility index (Phi) is 3.66. The highest BCUT2D eigenvalue weighted by Crippen LogP contribution is 2.24. The first-order valence-corrected chi connectivity index (χ1v) is 6.39. The van der Waals surface area contributed by atoms with E-state index in [-0.39, 0.29) is 0 Å². The van der Waals surface area contributed by atoms with Crippen molar-refractivity contribution in [1.29, 1.82) is 0 Å². The minimum absolute atomic E-state index is 0.488. The highest BCUT2D eigenvalue weighted by molar-refractivity contribution is 9.11. The maximum Gasteiger partial charge on any atom is 0.120 e. The molecule has 0 aliphatic heterocycles. The van der Waals surface area contributed by atoms with Gasteiger partial charge in [-0.15, -0.1) is 0 Å². The summed E-state index contributed by atoms with van der Waals surface area (Å²) in [5.74, 6) is 0.857. The number of fused-ring (bicyclic) bond motifs is 1. The van der Waals surface area contributed by atoms with Crippen molar-refractivity contribution >= 4 is 42.6 Å². The van der Waals surface area contributed by atoms with Crippen LogP contribution in [0.3, 0.4) is 0 Å². The molecule has 2 aromatic carbocycles. The van der Waals surface area contributed by atoms with Crippen LogP contribution in [0.15, 0.2) is 51.9 Å². The molecule has 0 N–H and O–H groups in total. The van der Waals surface area contributed by atoms with Gasteiger partial charge < -0.3 is 4.74 Å². The van der Waals surface area contributed by atoms with Gasteiger partial charge in [0.15, 0.2) is 0 Å². The molecule has 16 heavy (non-hydrogen) atoms. The van der Waals surface area contributed by atoms with Gasteiger partial charge in [0.05, 0.1) is 0 Å². The first-order chi connectivity index (χ1) is 7.65. The van der Waals surface area contributed by atoms with Crippen LogP contribution in [0, 0.1) is 0 Å². The molecule has 0 amide bonds. The smallest absolute Gasteiger partial charge is 0.120 e. The van der Waals surface area contributed by atoms with Gasteiger partial charge in [-0.25, -0.2) is 0 Å². The van der Waals surface area contributed by atoms with E-state index in [9.17, 15) is 0 Å². The Morgan fingerprint density at radius 2 is 1.81 bits per heavy atom. The molecule has 0 aliphatic rings. The van der Waals surface area contributed by atoms with Crippen molar-refractivity contribution in [1.82, 2.24) is 0 Å². The summed E-state index contributed by atoms with van der Waals surface area (Å²) in [5.41, 5.74) is 0.